The first-order chi connectivity index (χ1) is 6.74. The lowest BCUT2D eigenvalue weighted by Gasteiger charge is -2.22. The van der Waals surface area contributed by atoms with Crippen LogP contribution in [0.3, 0.4) is 0 Å². The van der Waals surface area contributed by atoms with Crippen molar-refractivity contribution in [2.75, 3.05) is 19.7 Å². The van der Waals surface area contributed by atoms with Gasteiger partial charge in [0.05, 0.1) is 19.1 Å². The van der Waals surface area contributed by atoms with Crippen LogP contribution in [0.4, 0.5) is 0 Å². The van der Waals surface area contributed by atoms with Crippen LogP contribution in [0, 0.1) is 0 Å². The topological polar surface area (TPSA) is 67.4 Å². The SMILES string of the molecule is CCCOC(=O)C[C@@H]1NCCNC1=O. The summed E-state index contributed by atoms with van der Waals surface area (Å²) in [6.07, 6.45) is 0.919. The van der Waals surface area contributed by atoms with Gasteiger partial charge in [-0.2, -0.15) is 0 Å². The highest BCUT2D eigenvalue weighted by Gasteiger charge is 2.24. The van der Waals surface area contributed by atoms with Crippen molar-refractivity contribution in [1.29, 1.82) is 0 Å². The van der Waals surface area contributed by atoms with Crippen LogP contribution in [-0.4, -0.2) is 37.6 Å². The van der Waals surface area contributed by atoms with E-state index in [1.54, 1.807) is 0 Å². The van der Waals surface area contributed by atoms with Gasteiger partial charge in [-0.1, -0.05) is 6.92 Å². The molecule has 0 bridgehead atoms. The number of nitrogens with one attached hydrogen (secondary N) is 2. The summed E-state index contributed by atoms with van der Waals surface area (Å²) in [5.74, 6) is -0.439. The molecule has 1 amide bonds. The molecule has 0 radical (unpaired) electrons. The van der Waals surface area contributed by atoms with Gasteiger partial charge in [0.25, 0.3) is 0 Å². The Bertz CT molecular complexity index is 218. The van der Waals surface area contributed by atoms with Crippen molar-refractivity contribution >= 4 is 11.9 Å². The number of rotatable bonds is 4. The van der Waals surface area contributed by atoms with Gasteiger partial charge in [0, 0.05) is 13.1 Å². The maximum atomic E-state index is 11.2. The standard InChI is InChI=1S/C9H16N2O3/c1-2-5-14-8(12)6-7-9(13)11-4-3-10-7/h7,10H,2-6H2,1H3,(H,11,13)/t7-/m0/s1. The third-order valence-corrected chi connectivity index (χ3v) is 1.97. The van der Waals surface area contributed by atoms with Gasteiger partial charge in [-0.15, -0.1) is 0 Å². The highest BCUT2D eigenvalue weighted by molar-refractivity contribution is 5.87. The summed E-state index contributed by atoms with van der Waals surface area (Å²) >= 11 is 0. The molecule has 1 atom stereocenters. The Morgan fingerprint density at radius 3 is 3.00 bits per heavy atom. The average molecular weight is 200 g/mol. The fraction of sp³-hybridized carbons (Fsp3) is 0.778. The van der Waals surface area contributed by atoms with Gasteiger partial charge < -0.3 is 15.4 Å². The molecular formula is C9H16N2O3. The Balaban J connectivity index is 2.27. The quantitative estimate of drug-likeness (QED) is 0.596. The first-order valence-electron chi connectivity index (χ1n) is 4.90. The summed E-state index contributed by atoms with van der Waals surface area (Å²) in [7, 11) is 0. The predicted octanol–water partition coefficient (Wildman–Crippen LogP) is -0.582. The van der Waals surface area contributed by atoms with Crippen molar-refractivity contribution in [3.63, 3.8) is 0 Å². The second-order valence-electron chi connectivity index (χ2n) is 3.22. The molecule has 0 aromatic heterocycles. The lowest BCUT2D eigenvalue weighted by atomic mass is 10.1. The summed E-state index contributed by atoms with van der Waals surface area (Å²) in [5.41, 5.74) is 0. The monoisotopic (exact) mass is 200 g/mol. The summed E-state index contributed by atoms with van der Waals surface area (Å²) < 4.78 is 4.88. The summed E-state index contributed by atoms with van der Waals surface area (Å²) in [6, 6.07) is -0.423. The van der Waals surface area contributed by atoms with Crippen LogP contribution in [0.5, 0.6) is 0 Å². The number of hydrogen-bond donors (Lipinski definition) is 2. The van der Waals surface area contributed by atoms with E-state index in [0.29, 0.717) is 19.7 Å². The maximum absolute atomic E-state index is 11.2. The third-order valence-electron chi connectivity index (χ3n) is 1.97. The van der Waals surface area contributed by atoms with Gasteiger partial charge in [0.1, 0.15) is 0 Å². The molecule has 2 N–H and O–H groups in total. The Kier molecular flexibility index (Phi) is 4.39. The van der Waals surface area contributed by atoms with Crippen molar-refractivity contribution < 1.29 is 14.3 Å². The number of esters is 1. The molecule has 0 unspecified atom stereocenters. The Morgan fingerprint density at radius 2 is 2.36 bits per heavy atom. The molecule has 5 nitrogen and oxygen atoms in total. The van der Waals surface area contributed by atoms with Crippen LogP contribution in [0.15, 0.2) is 0 Å². The lowest BCUT2D eigenvalue weighted by molar-refractivity contribution is -0.146. The largest absolute Gasteiger partial charge is 0.466 e. The molecule has 1 rings (SSSR count). The van der Waals surface area contributed by atoms with Crippen LogP contribution in [0.1, 0.15) is 19.8 Å². The van der Waals surface area contributed by atoms with E-state index in [2.05, 4.69) is 10.6 Å². The molecule has 0 aromatic rings. The zero-order chi connectivity index (χ0) is 10.4. The first kappa shape index (κ1) is 11.0. The van der Waals surface area contributed by atoms with Crippen molar-refractivity contribution in [3.05, 3.63) is 0 Å². The number of carbonyl (C=O) groups excluding carboxylic acids is 2. The molecule has 1 aliphatic rings. The second-order valence-corrected chi connectivity index (χ2v) is 3.22. The highest BCUT2D eigenvalue weighted by Crippen LogP contribution is 1.98. The molecule has 0 aromatic carbocycles. The van der Waals surface area contributed by atoms with E-state index < -0.39 is 6.04 Å². The number of ether oxygens (including phenoxy) is 1. The van der Waals surface area contributed by atoms with E-state index in [0.717, 1.165) is 6.42 Å². The smallest absolute Gasteiger partial charge is 0.307 e. The molecule has 1 heterocycles. The average Bonchev–Trinajstić information content (AvgIpc) is 2.18. The summed E-state index contributed by atoms with van der Waals surface area (Å²) in [5, 5.41) is 5.65. The summed E-state index contributed by atoms with van der Waals surface area (Å²) in [4.78, 5) is 22.4. The van der Waals surface area contributed by atoms with E-state index in [1.165, 1.54) is 0 Å². The normalized spacial score (nSPS) is 21.5. The molecule has 14 heavy (non-hydrogen) atoms. The fourth-order valence-electron chi connectivity index (χ4n) is 1.25. The Morgan fingerprint density at radius 1 is 1.57 bits per heavy atom. The predicted molar refractivity (Wildman–Crippen MR) is 50.7 cm³/mol. The van der Waals surface area contributed by atoms with E-state index in [4.69, 9.17) is 4.74 Å². The number of hydrogen-bond acceptors (Lipinski definition) is 4. The second kappa shape index (κ2) is 5.59. The van der Waals surface area contributed by atoms with Crippen LogP contribution in [0.2, 0.25) is 0 Å². The van der Waals surface area contributed by atoms with Gasteiger partial charge >= 0.3 is 5.97 Å². The van der Waals surface area contributed by atoms with E-state index in [1.807, 2.05) is 6.92 Å². The Labute approximate surface area is 83.2 Å². The molecule has 80 valence electrons. The molecule has 1 fully saturated rings. The summed E-state index contributed by atoms with van der Waals surface area (Å²) in [6.45, 7) is 3.68. The van der Waals surface area contributed by atoms with Crippen molar-refractivity contribution in [1.82, 2.24) is 10.6 Å². The van der Waals surface area contributed by atoms with Crippen LogP contribution < -0.4 is 10.6 Å². The molecule has 0 aliphatic carbocycles. The third kappa shape index (κ3) is 3.33. The van der Waals surface area contributed by atoms with Crippen molar-refractivity contribution in [2.24, 2.45) is 0 Å². The van der Waals surface area contributed by atoms with Crippen molar-refractivity contribution in [3.8, 4) is 0 Å². The fourth-order valence-corrected chi connectivity index (χ4v) is 1.25. The van der Waals surface area contributed by atoms with Gasteiger partial charge in [-0.05, 0) is 6.42 Å². The zero-order valence-corrected chi connectivity index (χ0v) is 8.34. The van der Waals surface area contributed by atoms with Crippen LogP contribution >= 0.6 is 0 Å². The van der Waals surface area contributed by atoms with Crippen molar-refractivity contribution in [2.45, 2.75) is 25.8 Å². The van der Waals surface area contributed by atoms with E-state index >= 15 is 0 Å². The zero-order valence-electron chi connectivity index (χ0n) is 8.34. The van der Waals surface area contributed by atoms with E-state index in [-0.39, 0.29) is 18.3 Å². The van der Waals surface area contributed by atoms with Gasteiger partial charge in [-0.25, -0.2) is 0 Å². The van der Waals surface area contributed by atoms with Gasteiger partial charge in [0.15, 0.2) is 0 Å². The van der Waals surface area contributed by atoms with Crippen LogP contribution in [-0.2, 0) is 14.3 Å². The van der Waals surface area contributed by atoms with Gasteiger partial charge in [-0.3, -0.25) is 9.59 Å². The molecule has 1 saturated heterocycles. The number of piperazine rings is 1. The minimum absolute atomic E-state index is 0.117. The van der Waals surface area contributed by atoms with E-state index in [9.17, 15) is 9.59 Å². The molecule has 0 spiro atoms. The molecule has 0 saturated carbocycles. The minimum Gasteiger partial charge on any atom is -0.466 e. The number of amides is 1. The first-order valence-corrected chi connectivity index (χ1v) is 4.90. The van der Waals surface area contributed by atoms with Crippen LogP contribution in [0.25, 0.3) is 0 Å². The lowest BCUT2D eigenvalue weighted by Crippen LogP contribution is -2.53. The molecular weight excluding hydrogens is 184 g/mol. The minimum atomic E-state index is -0.423. The molecule has 1 aliphatic heterocycles. The maximum Gasteiger partial charge on any atom is 0.307 e. The number of carbonyl (C=O) groups is 2. The van der Waals surface area contributed by atoms with Gasteiger partial charge in [0.2, 0.25) is 5.91 Å². The highest BCUT2D eigenvalue weighted by atomic mass is 16.5. The molecule has 5 heteroatoms. The Hall–Kier alpha value is -1.10.